The second-order valence-corrected chi connectivity index (χ2v) is 4.88. The number of methoxy groups -OCH3 is 1. The number of carbonyl (C=O) groups is 2. The summed E-state index contributed by atoms with van der Waals surface area (Å²) in [5.74, 6) is -0.694. The van der Waals surface area contributed by atoms with Crippen molar-refractivity contribution in [2.75, 3.05) is 27.4 Å². The van der Waals surface area contributed by atoms with E-state index in [-0.39, 0.29) is 18.4 Å². The van der Waals surface area contributed by atoms with Crippen LogP contribution in [0.1, 0.15) is 12.5 Å². The first-order valence-electron chi connectivity index (χ1n) is 6.61. The van der Waals surface area contributed by atoms with Crippen LogP contribution >= 0.6 is 0 Å². The summed E-state index contributed by atoms with van der Waals surface area (Å²) >= 11 is 0. The smallest absolute Gasteiger partial charge is 0.341 e. The summed E-state index contributed by atoms with van der Waals surface area (Å²) in [7, 11) is 3.31. The minimum atomic E-state index is -1.02. The van der Waals surface area contributed by atoms with Gasteiger partial charge in [-0.15, -0.1) is 0 Å². The van der Waals surface area contributed by atoms with Gasteiger partial charge in [0, 0.05) is 20.7 Å². The first kappa shape index (κ1) is 17.0. The summed E-state index contributed by atoms with van der Waals surface area (Å²) in [6.07, 6.45) is 0. The van der Waals surface area contributed by atoms with Crippen LogP contribution in [0.4, 0.5) is 0 Å². The molecule has 0 bridgehead atoms. The Morgan fingerprint density at radius 2 is 1.90 bits per heavy atom. The second kappa shape index (κ2) is 8.26. The molecule has 1 rings (SSSR count). The van der Waals surface area contributed by atoms with Crippen LogP contribution in [0.15, 0.2) is 24.3 Å². The number of nitrogens with zero attached hydrogens (tertiary/aromatic N) is 1. The van der Waals surface area contributed by atoms with E-state index in [0.29, 0.717) is 18.9 Å². The number of ether oxygens (including phenoxy) is 2. The molecule has 0 heterocycles. The Kier molecular flexibility index (Phi) is 6.68. The predicted molar refractivity (Wildman–Crippen MR) is 77.1 cm³/mol. The summed E-state index contributed by atoms with van der Waals surface area (Å²) in [5.41, 5.74) is 0.943. The third-order valence-electron chi connectivity index (χ3n) is 2.92. The van der Waals surface area contributed by atoms with E-state index in [4.69, 9.17) is 14.6 Å². The molecular formula is C15H21NO5. The lowest BCUT2D eigenvalue weighted by Gasteiger charge is -2.21. The monoisotopic (exact) mass is 295 g/mol. The summed E-state index contributed by atoms with van der Waals surface area (Å²) in [5, 5.41) is 8.53. The van der Waals surface area contributed by atoms with Gasteiger partial charge in [0.05, 0.1) is 12.5 Å². The fourth-order valence-electron chi connectivity index (χ4n) is 1.89. The molecule has 0 saturated carbocycles. The van der Waals surface area contributed by atoms with Crippen LogP contribution in [0.3, 0.4) is 0 Å². The summed E-state index contributed by atoms with van der Waals surface area (Å²) in [6.45, 7) is 2.33. The molecule has 0 spiro atoms. The van der Waals surface area contributed by atoms with Gasteiger partial charge in [0.25, 0.3) is 0 Å². The number of carboxylic acid groups (broad SMARTS) is 1. The van der Waals surface area contributed by atoms with E-state index in [1.54, 1.807) is 31.2 Å². The van der Waals surface area contributed by atoms with Gasteiger partial charge in [0.15, 0.2) is 6.61 Å². The van der Waals surface area contributed by atoms with E-state index in [1.165, 1.54) is 0 Å². The van der Waals surface area contributed by atoms with Crippen LogP contribution < -0.4 is 4.74 Å². The maximum atomic E-state index is 12.0. The van der Waals surface area contributed by atoms with Crippen LogP contribution in [0.2, 0.25) is 0 Å². The molecule has 0 aliphatic carbocycles. The maximum absolute atomic E-state index is 12.0. The minimum Gasteiger partial charge on any atom is -0.482 e. The SMILES string of the molecule is COCC(C)C(=O)N(C)Cc1ccc(OCC(=O)O)cc1. The molecule has 1 aromatic carbocycles. The summed E-state index contributed by atoms with van der Waals surface area (Å²) < 4.78 is 10.0. The number of hydrogen-bond donors (Lipinski definition) is 1. The molecular weight excluding hydrogens is 274 g/mol. The second-order valence-electron chi connectivity index (χ2n) is 4.88. The molecule has 0 aromatic heterocycles. The van der Waals surface area contributed by atoms with Crippen LogP contribution in [-0.2, 0) is 20.9 Å². The van der Waals surface area contributed by atoms with E-state index in [0.717, 1.165) is 5.56 Å². The predicted octanol–water partition coefficient (Wildman–Crippen LogP) is 1.39. The standard InChI is InChI=1S/C15H21NO5/c1-11(9-20-3)15(19)16(2)8-12-4-6-13(7-5-12)21-10-14(17)18/h4-7,11H,8-10H2,1-3H3,(H,17,18). The van der Waals surface area contributed by atoms with Crippen molar-refractivity contribution < 1.29 is 24.2 Å². The molecule has 0 fully saturated rings. The van der Waals surface area contributed by atoms with Crippen molar-refractivity contribution in [3.05, 3.63) is 29.8 Å². The number of amides is 1. The number of carbonyl (C=O) groups excluding carboxylic acids is 1. The third kappa shape index (κ3) is 5.83. The van der Waals surface area contributed by atoms with Crippen molar-refractivity contribution in [2.45, 2.75) is 13.5 Å². The largest absolute Gasteiger partial charge is 0.482 e. The van der Waals surface area contributed by atoms with E-state index in [2.05, 4.69) is 0 Å². The highest BCUT2D eigenvalue weighted by Crippen LogP contribution is 2.14. The van der Waals surface area contributed by atoms with E-state index < -0.39 is 5.97 Å². The summed E-state index contributed by atoms with van der Waals surface area (Å²) in [6, 6.07) is 6.99. The fourth-order valence-corrected chi connectivity index (χ4v) is 1.89. The van der Waals surface area contributed by atoms with Gasteiger partial charge in [-0.3, -0.25) is 4.79 Å². The number of aliphatic carboxylic acids is 1. The topological polar surface area (TPSA) is 76.1 Å². The van der Waals surface area contributed by atoms with Crippen LogP contribution in [0, 0.1) is 5.92 Å². The van der Waals surface area contributed by atoms with Crippen molar-refractivity contribution >= 4 is 11.9 Å². The van der Waals surface area contributed by atoms with Gasteiger partial charge in [-0.1, -0.05) is 19.1 Å². The van der Waals surface area contributed by atoms with Crippen molar-refractivity contribution in [1.29, 1.82) is 0 Å². The Hall–Kier alpha value is -2.08. The molecule has 1 unspecified atom stereocenters. The summed E-state index contributed by atoms with van der Waals surface area (Å²) in [4.78, 5) is 24.1. The molecule has 6 nitrogen and oxygen atoms in total. The third-order valence-corrected chi connectivity index (χ3v) is 2.92. The minimum absolute atomic E-state index is 0.0167. The molecule has 1 amide bonds. The lowest BCUT2D eigenvalue weighted by atomic mass is 10.1. The molecule has 1 N–H and O–H groups in total. The van der Waals surface area contributed by atoms with Gasteiger partial charge in [0.1, 0.15) is 5.75 Å². The average Bonchev–Trinajstić information content (AvgIpc) is 2.45. The average molecular weight is 295 g/mol. The van der Waals surface area contributed by atoms with Gasteiger partial charge in [-0.05, 0) is 17.7 Å². The zero-order valence-corrected chi connectivity index (χ0v) is 12.5. The molecule has 116 valence electrons. The zero-order valence-electron chi connectivity index (χ0n) is 12.5. The molecule has 0 radical (unpaired) electrons. The van der Waals surface area contributed by atoms with Crippen LogP contribution in [0.5, 0.6) is 5.75 Å². The van der Waals surface area contributed by atoms with Gasteiger partial charge >= 0.3 is 5.97 Å². The highest BCUT2D eigenvalue weighted by molar-refractivity contribution is 5.78. The Bertz CT molecular complexity index is 471. The zero-order chi connectivity index (χ0) is 15.8. The maximum Gasteiger partial charge on any atom is 0.341 e. The lowest BCUT2D eigenvalue weighted by Crippen LogP contribution is -2.33. The van der Waals surface area contributed by atoms with Gasteiger partial charge < -0.3 is 19.5 Å². The number of hydrogen-bond acceptors (Lipinski definition) is 4. The molecule has 0 aliphatic heterocycles. The molecule has 0 saturated heterocycles. The van der Waals surface area contributed by atoms with Crippen molar-refractivity contribution in [1.82, 2.24) is 4.90 Å². The quantitative estimate of drug-likeness (QED) is 0.784. The first-order valence-corrected chi connectivity index (χ1v) is 6.61. The first-order chi connectivity index (χ1) is 9.93. The molecule has 1 aromatic rings. The number of carboxylic acids is 1. The van der Waals surface area contributed by atoms with Crippen molar-refractivity contribution in [3.63, 3.8) is 0 Å². The van der Waals surface area contributed by atoms with E-state index in [1.807, 2.05) is 19.1 Å². The fraction of sp³-hybridized carbons (Fsp3) is 0.467. The molecule has 1 atom stereocenters. The van der Waals surface area contributed by atoms with Crippen molar-refractivity contribution in [2.24, 2.45) is 5.92 Å². The van der Waals surface area contributed by atoms with Crippen molar-refractivity contribution in [3.8, 4) is 5.75 Å². The Labute approximate surface area is 124 Å². The van der Waals surface area contributed by atoms with Gasteiger partial charge in [-0.25, -0.2) is 4.79 Å². The highest BCUT2D eigenvalue weighted by atomic mass is 16.5. The number of benzene rings is 1. The van der Waals surface area contributed by atoms with Gasteiger partial charge in [-0.2, -0.15) is 0 Å². The number of rotatable bonds is 8. The van der Waals surface area contributed by atoms with Crippen LogP contribution in [0.25, 0.3) is 0 Å². The normalized spacial score (nSPS) is 11.8. The molecule has 0 aliphatic rings. The Morgan fingerprint density at radius 3 is 2.43 bits per heavy atom. The van der Waals surface area contributed by atoms with E-state index >= 15 is 0 Å². The molecule has 6 heteroatoms. The van der Waals surface area contributed by atoms with Gasteiger partial charge in [0.2, 0.25) is 5.91 Å². The Morgan fingerprint density at radius 1 is 1.29 bits per heavy atom. The lowest BCUT2D eigenvalue weighted by molar-refractivity contribution is -0.139. The molecule has 21 heavy (non-hydrogen) atoms. The Balaban J connectivity index is 2.54. The van der Waals surface area contributed by atoms with E-state index in [9.17, 15) is 9.59 Å². The van der Waals surface area contributed by atoms with Crippen LogP contribution in [-0.4, -0.2) is 49.3 Å². The highest BCUT2D eigenvalue weighted by Gasteiger charge is 2.17.